The maximum Gasteiger partial charge on any atom is 0.261 e. The predicted molar refractivity (Wildman–Crippen MR) is 110 cm³/mol. The zero-order valence-electron chi connectivity index (χ0n) is 15.2. The third-order valence-corrected chi connectivity index (χ3v) is 5.74. The molecule has 0 saturated carbocycles. The molecular formula is C20H13ClN4O4S. The Morgan fingerprint density at radius 3 is 2.43 bits per heavy atom. The molecule has 4 aromatic rings. The topological polar surface area (TPSA) is 115 Å². The van der Waals surface area contributed by atoms with E-state index in [0.717, 1.165) is 0 Å². The molecule has 0 spiro atoms. The van der Waals surface area contributed by atoms with Crippen LogP contribution in [0.1, 0.15) is 16.2 Å². The highest BCUT2D eigenvalue weighted by molar-refractivity contribution is 7.92. The van der Waals surface area contributed by atoms with Crippen molar-refractivity contribution in [2.24, 2.45) is 0 Å². The van der Waals surface area contributed by atoms with E-state index in [0.29, 0.717) is 11.3 Å². The number of ketones is 1. The lowest BCUT2D eigenvalue weighted by molar-refractivity contribution is 0.103. The summed E-state index contributed by atoms with van der Waals surface area (Å²) in [5, 5.41) is 0.272. The number of halogens is 1. The van der Waals surface area contributed by atoms with Crippen LogP contribution in [0.4, 0.5) is 5.69 Å². The van der Waals surface area contributed by atoms with Crippen LogP contribution in [0.3, 0.4) is 0 Å². The minimum Gasteiger partial charge on any atom is -0.444 e. The summed E-state index contributed by atoms with van der Waals surface area (Å²) in [6.07, 6.45) is 5.66. The summed E-state index contributed by atoms with van der Waals surface area (Å²) in [7, 11) is -3.98. The van der Waals surface area contributed by atoms with Gasteiger partial charge >= 0.3 is 0 Å². The van der Waals surface area contributed by atoms with Crippen molar-refractivity contribution in [2.75, 3.05) is 4.72 Å². The molecule has 30 heavy (non-hydrogen) atoms. The molecule has 0 amide bonds. The van der Waals surface area contributed by atoms with E-state index in [-0.39, 0.29) is 27.0 Å². The highest BCUT2D eigenvalue weighted by Crippen LogP contribution is 2.26. The van der Waals surface area contributed by atoms with E-state index in [1.807, 2.05) is 0 Å². The Morgan fingerprint density at radius 1 is 1.03 bits per heavy atom. The maximum atomic E-state index is 12.9. The molecule has 0 saturated heterocycles. The second-order valence-electron chi connectivity index (χ2n) is 6.09. The summed E-state index contributed by atoms with van der Waals surface area (Å²) in [4.78, 5) is 24.5. The summed E-state index contributed by atoms with van der Waals surface area (Å²) < 4.78 is 33.4. The van der Waals surface area contributed by atoms with Crippen molar-refractivity contribution in [3.63, 3.8) is 0 Å². The summed E-state index contributed by atoms with van der Waals surface area (Å²) in [6.45, 7) is 0. The average Bonchev–Trinajstić information content (AvgIpc) is 3.30. The van der Waals surface area contributed by atoms with Gasteiger partial charge in [0, 0.05) is 23.0 Å². The summed E-state index contributed by atoms with van der Waals surface area (Å²) in [5.74, 6) is -0.117. The van der Waals surface area contributed by atoms with Gasteiger partial charge in [-0.25, -0.2) is 23.4 Å². The highest BCUT2D eigenvalue weighted by Gasteiger charge is 2.21. The fourth-order valence-corrected chi connectivity index (χ4v) is 3.94. The van der Waals surface area contributed by atoms with Gasteiger partial charge in [-0.05, 0) is 48.5 Å². The molecule has 4 rings (SSSR count). The second kappa shape index (κ2) is 8.05. The lowest BCUT2D eigenvalue weighted by atomic mass is 10.1. The zero-order valence-corrected chi connectivity index (χ0v) is 16.8. The fourth-order valence-electron chi connectivity index (χ4n) is 2.69. The number of carbonyl (C=O) groups excluding carboxylic acids is 1. The van der Waals surface area contributed by atoms with Gasteiger partial charge in [0.05, 0.1) is 22.3 Å². The minimum atomic E-state index is -3.98. The van der Waals surface area contributed by atoms with Crippen LogP contribution in [0.25, 0.3) is 11.3 Å². The molecule has 2 aromatic heterocycles. The molecule has 0 bridgehead atoms. The molecule has 0 fully saturated rings. The van der Waals surface area contributed by atoms with Crippen LogP contribution >= 0.6 is 11.6 Å². The number of nitrogens with one attached hydrogen (secondary N) is 1. The number of benzene rings is 2. The van der Waals surface area contributed by atoms with Gasteiger partial charge in [0.2, 0.25) is 11.6 Å². The fraction of sp³-hybridized carbons (Fsp3) is 0. The van der Waals surface area contributed by atoms with Crippen LogP contribution in [0.5, 0.6) is 0 Å². The van der Waals surface area contributed by atoms with Gasteiger partial charge in [-0.1, -0.05) is 11.6 Å². The van der Waals surface area contributed by atoms with Gasteiger partial charge in [0.25, 0.3) is 10.0 Å². The van der Waals surface area contributed by atoms with Crippen LogP contribution in [-0.2, 0) is 10.0 Å². The van der Waals surface area contributed by atoms with Crippen molar-refractivity contribution in [3.05, 3.63) is 89.9 Å². The largest absolute Gasteiger partial charge is 0.444 e. The number of oxazole rings is 1. The van der Waals surface area contributed by atoms with Crippen molar-refractivity contribution in [1.29, 1.82) is 0 Å². The monoisotopic (exact) mass is 440 g/mol. The Kier molecular flexibility index (Phi) is 5.30. The summed E-state index contributed by atoms with van der Waals surface area (Å²) in [6, 6.07) is 11.9. The van der Waals surface area contributed by atoms with E-state index < -0.39 is 15.8 Å². The van der Waals surface area contributed by atoms with Crippen molar-refractivity contribution >= 4 is 33.1 Å². The molecule has 1 N–H and O–H groups in total. The third-order valence-electron chi connectivity index (χ3n) is 4.12. The Morgan fingerprint density at radius 2 is 1.77 bits per heavy atom. The van der Waals surface area contributed by atoms with E-state index in [4.69, 9.17) is 16.0 Å². The van der Waals surface area contributed by atoms with Crippen LogP contribution in [0.15, 0.2) is 82.8 Å². The van der Waals surface area contributed by atoms with E-state index >= 15 is 0 Å². The van der Waals surface area contributed by atoms with Gasteiger partial charge in [-0.15, -0.1) is 0 Å². The molecular weight excluding hydrogens is 428 g/mol. The molecule has 0 aliphatic carbocycles. The first-order valence-corrected chi connectivity index (χ1v) is 10.4. The average molecular weight is 441 g/mol. The van der Waals surface area contributed by atoms with Gasteiger partial charge in [0.15, 0.2) is 12.2 Å². The van der Waals surface area contributed by atoms with Gasteiger partial charge in [0.1, 0.15) is 0 Å². The van der Waals surface area contributed by atoms with Gasteiger partial charge in [-0.3, -0.25) is 9.52 Å². The SMILES string of the molecule is O=C(c1ncccn1)c1cc(Cl)ccc1NS(=O)(=O)c1ccc(-c2cnco2)cc1. The summed E-state index contributed by atoms with van der Waals surface area (Å²) in [5.41, 5.74) is 0.779. The van der Waals surface area contributed by atoms with Crippen LogP contribution < -0.4 is 4.72 Å². The molecule has 2 aromatic carbocycles. The van der Waals surface area contributed by atoms with E-state index in [1.54, 1.807) is 18.2 Å². The lowest BCUT2D eigenvalue weighted by Gasteiger charge is -2.12. The molecule has 10 heteroatoms. The maximum absolute atomic E-state index is 12.9. The van der Waals surface area contributed by atoms with Crippen molar-refractivity contribution < 1.29 is 17.6 Å². The molecule has 8 nitrogen and oxygen atoms in total. The third kappa shape index (κ3) is 4.07. The minimum absolute atomic E-state index is 0.00933. The molecule has 0 radical (unpaired) electrons. The number of rotatable bonds is 6. The first-order valence-electron chi connectivity index (χ1n) is 8.57. The van der Waals surface area contributed by atoms with E-state index in [2.05, 4.69) is 19.7 Å². The Labute approximate surface area is 176 Å². The molecule has 0 atom stereocenters. The van der Waals surface area contributed by atoms with Crippen LogP contribution in [0, 0.1) is 0 Å². The standard InChI is InChI=1S/C20H13ClN4O4S/c21-14-4-7-17(16(10-14)19(26)20-23-8-1-9-24-20)25-30(27,28)15-5-2-13(3-6-15)18-11-22-12-29-18/h1-12,25H. The molecule has 2 heterocycles. The number of aromatic nitrogens is 3. The predicted octanol–water partition coefficient (Wildman–Crippen LogP) is 3.82. The molecule has 0 aliphatic heterocycles. The smallest absolute Gasteiger partial charge is 0.261 e. The second-order valence-corrected chi connectivity index (χ2v) is 8.21. The quantitative estimate of drug-likeness (QED) is 0.453. The van der Waals surface area contributed by atoms with Gasteiger partial charge < -0.3 is 4.42 Å². The number of anilines is 1. The number of nitrogens with zero attached hydrogens (tertiary/aromatic N) is 3. The zero-order chi connectivity index (χ0) is 21.1. The molecule has 150 valence electrons. The van der Waals surface area contributed by atoms with Gasteiger partial charge in [-0.2, -0.15) is 0 Å². The van der Waals surface area contributed by atoms with Crippen LogP contribution in [0.2, 0.25) is 5.02 Å². The number of sulfonamides is 1. The van der Waals surface area contributed by atoms with Crippen molar-refractivity contribution in [3.8, 4) is 11.3 Å². The normalized spacial score (nSPS) is 11.2. The highest BCUT2D eigenvalue weighted by atomic mass is 35.5. The van der Waals surface area contributed by atoms with E-state index in [9.17, 15) is 13.2 Å². The molecule has 0 unspecified atom stereocenters. The Bertz CT molecular complexity index is 1290. The number of carbonyl (C=O) groups is 1. The Balaban J connectivity index is 1.66. The van der Waals surface area contributed by atoms with Crippen LogP contribution in [-0.4, -0.2) is 29.2 Å². The van der Waals surface area contributed by atoms with Crippen molar-refractivity contribution in [2.45, 2.75) is 4.90 Å². The molecule has 0 aliphatic rings. The Hall–Kier alpha value is -3.56. The lowest BCUT2D eigenvalue weighted by Crippen LogP contribution is -2.16. The number of hydrogen-bond donors (Lipinski definition) is 1. The van der Waals surface area contributed by atoms with E-state index in [1.165, 1.54) is 55.3 Å². The summed E-state index contributed by atoms with van der Waals surface area (Å²) >= 11 is 6.02. The first-order chi connectivity index (χ1) is 14.4. The van der Waals surface area contributed by atoms with Crippen molar-refractivity contribution in [1.82, 2.24) is 15.0 Å². The first kappa shape index (κ1) is 19.7. The number of hydrogen-bond acceptors (Lipinski definition) is 7.